The highest BCUT2D eigenvalue weighted by atomic mass is 32.2. The summed E-state index contributed by atoms with van der Waals surface area (Å²) in [6.07, 6.45) is 0. The van der Waals surface area contributed by atoms with Crippen molar-refractivity contribution in [1.29, 1.82) is 5.26 Å². The van der Waals surface area contributed by atoms with Crippen LogP contribution in [0, 0.1) is 17.1 Å². The van der Waals surface area contributed by atoms with Gasteiger partial charge in [0.25, 0.3) is 0 Å². The third kappa shape index (κ3) is 3.02. The molecule has 4 heteroatoms. The molecule has 0 spiro atoms. The van der Waals surface area contributed by atoms with Gasteiger partial charge in [0, 0.05) is 16.3 Å². The molecule has 2 aromatic carbocycles. The fourth-order valence-corrected chi connectivity index (χ4v) is 2.57. The Bertz CT molecular complexity index is 585. The maximum atomic E-state index is 13.2. The van der Waals surface area contributed by atoms with E-state index in [0.717, 1.165) is 10.5 Å². The molecule has 0 aliphatic rings. The molecule has 18 heavy (non-hydrogen) atoms. The zero-order valence-corrected chi connectivity index (χ0v) is 10.4. The fourth-order valence-electron chi connectivity index (χ4n) is 1.58. The number of hydrogen-bond donors (Lipinski definition) is 1. The van der Waals surface area contributed by atoms with E-state index in [0.29, 0.717) is 17.0 Å². The smallest absolute Gasteiger partial charge is 0.126 e. The molecule has 0 saturated carbocycles. The Kier molecular flexibility index (Phi) is 3.85. The average Bonchev–Trinajstić information content (AvgIpc) is 2.35. The summed E-state index contributed by atoms with van der Waals surface area (Å²) >= 11 is 1.46. The number of nitrogens with two attached hydrogens (primary N) is 1. The quantitative estimate of drug-likeness (QED) is 0.676. The molecule has 0 amide bonds. The van der Waals surface area contributed by atoms with Crippen molar-refractivity contribution in [2.45, 2.75) is 10.6 Å². The molecule has 0 saturated heterocycles. The zero-order valence-electron chi connectivity index (χ0n) is 9.56. The highest BCUT2D eigenvalue weighted by Crippen LogP contribution is 2.26. The maximum Gasteiger partial charge on any atom is 0.126 e. The van der Waals surface area contributed by atoms with Gasteiger partial charge in [-0.05, 0) is 29.8 Å². The van der Waals surface area contributed by atoms with Crippen LogP contribution in [0.2, 0.25) is 0 Å². The molecule has 0 unspecified atom stereocenters. The molecule has 0 fully saturated rings. The number of thioether (sulfide) groups is 1. The Hall–Kier alpha value is -1.99. The van der Waals surface area contributed by atoms with Crippen molar-refractivity contribution in [3.63, 3.8) is 0 Å². The summed E-state index contributed by atoms with van der Waals surface area (Å²) in [7, 11) is 0. The van der Waals surface area contributed by atoms with Crippen LogP contribution in [0.15, 0.2) is 47.4 Å². The summed E-state index contributed by atoms with van der Waals surface area (Å²) < 4.78 is 13.2. The lowest BCUT2D eigenvalue weighted by atomic mass is 10.1. The van der Waals surface area contributed by atoms with Crippen molar-refractivity contribution >= 4 is 17.4 Å². The van der Waals surface area contributed by atoms with Crippen molar-refractivity contribution in [1.82, 2.24) is 0 Å². The minimum atomic E-state index is -0.342. The van der Waals surface area contributed by atoms with E-state index in [1.54, 1.807) is 12.1 Å². The SMILES string of the molecule is N#Cc1ccccc1CSc1cc(N)cc(F)c1. The lowest BCUT2D eigenvalue weighted by molar-refractivity contribution is 0.625. The number of benzene rings is 2. The van der Waals surface area contributed by atoms with E-state index in [2.05, 4.69) is 6.07 Å². The summed E-state index contributed by atoms with van der Waals surface area (Å²) in [5.41, 5.74) is 7.57. The molecular formula is C14H11FN2S. The Morgan fingerprint density at radius 1 is 1.22 bits per heavy atom. The van der Waals surface area contributed by atoms with Gasteiger partial charge in [-0.15, -0.1) is 11.8 Å². The molecule has 90 valence electrons. The minimum absolute atomic E-state index is 0.342. The van der Waals surface area contributed by atoms with Gasteiger partial charge in [-0.3, -0.25) is 0 Å². The third-order valence-corrected chi connectivity index (χ3v) is 3.45. The maximum absolute atomic E-state index is 13.2. The molecule has 0 radical (unpaired) electrons. The highest BCUT2D eigenvalue weighted by Gasteiger charge is 2.03. The Morgan fingerprint density at radius 3 is 2.72 bits per heavy atom. The van der Waals surface area contributed by atoms with Crippen LogP contribution in [0.4, 0.5) is 10.1 Å². The molecule has 0 atom stereocenters. The standard InChI is InChI=1S/C14H11FN2S/c15-12-5-13(17)7-14(6-12)18-9-11-4-2-1-3-10(11)8-16/h1-7H,9,17H2. The number of hydrogen-bond acceptors (Lipinski definition) is 3. The van der Waals surface area contributed by atoms with Crippen LogP contribution in [0.25, 0.3) is 0 Å². The van der Waals surface area contributed by atoms with Crippen molar-refractivity contribution < 1.29 is 4.39 Å². The van der Waals surface area contributed by atoms with E-state index >= 15 is 0 Å². The van der Waals surface area contributed by atoms with E-state index in [4.69, 9.17) is 11.0 Å². The first-order valence-electron chi connectivity index (χ1n) is 5.36. The van der Waals surface area contributed by atoms with E-state index in [-0.39, 0.29) is 5.82 Å². The molecule has 0 bridgehead atoms. The summed E-state index contributed by atoms with van der Waals surface area (Å²) in [5, 5.41) is 8.96. The summed E-state index contributed by atoms with van der Waals surface area (Å²) in [6.45, 7) is 0. The number of nitrogens with zero attached hydrogens (tertiary/aromatic N) is 1. The van der Waals surface area contributed by atoms with Crippen LogP contribution in [-0.2, 0) is 5.75 Å². The molecular weight excluding hydrogens is 247 g/mol. The predicted molar refractivity (Wildman–Crippen MR) is 71.5 cm³/mol. The Labute approximate surface area is 109 Å². The number of rotatable bonds is 3. The predicted octanol–water partition coefficient (Wildman–Crippen LogP) is 3.57. The number of anilines is 1. The van der Waals surface area contributed by atoms with Crippen molar-refractivity contribution in [3.8, 4) is 6.07 Å². The molecule has 0 aromatic heterocycles. The van der Waals surface area contributed by atoms with Crippen molar-refractivity contribution in [3.05, 3.63) is 59.4 Å². The lowest BCUT2D eigenvalue weighted by Crippen LogP contribution is -1.89. The summed E-state index contributed by atoms with van der Waals surface area (Å²) in [5.74, 6) is 0.276. The topological polar surface area (TPSA) is 49.8 Å². The molecule has 2 rings (SSSR count). The zero-order chi connectivity index (χ0) is 13.0. The Morgan fingerprint density at radius 2 is 2.00 bits per heavy atom. The molecule has 2 nitrogen and oxygen atoms in total. The van der Waals surface area contributed by atoms with Crippen molar-refractivity contribution in [2.24, 2.45) is 0 Å². The van der Waals surface area contributed by atoms with Gasteiger partial charge in [0.1, 0.15) is 5.82 Å². The normalized spacial score (nSPS) is 10.0. The number of nitrogen functional groups attached to an aromatic ring is 1. The van der Waals surface area contributed by atoms with Crippen molar-refractivity contribution in [2.75, 3.05) is 5.73 Å². The molecule has 2 N–H and O–H groups in total. The fraction of sp³-hybridized carbons (Fsp3) is 0.0714. The van der Waals surface area contributed by atoms with E-state index in [9.17, 15) is 4.39 Å². The second kappa shape index (κ2) is 5.56. The van der Waals surface area contributed by atoms with E-state index in [1.807, 2.05) is 18.2 Å². The highest BCUT2D eigenvalue weighted by molar-refractivity contribution is 7.98. The second-order valence-electron chi connectivity index (χ2n) is 3.78. The van der Waals surface area contributed by atoms with Crippen LogP contribution in [0.3, 0.4) is 0 Å². The molecule has 0 heterocycles. The van der Waals surface area contributed by atoms with E-state index in [1.165, 1.54) is 23.9 Å². The van der Waals surface area contributed by atoms with Crippen LogP contribution >= 0.6 is 11.8 Å². The van der Waals surface area contributed by atoms with Crippen LogP contribution in [0.1, 0.15) is 11.1 Å². The van der Waals surface area contributed by atoms with Gasteiger partial charge in [-0.25, -0.2) is 4.39 Å². The second-order valence-corrected chi connectivity index (χ2v) is 4.83. The molecule has 0 aliphatic carbocycles. The van der Waals surface area contributed by atoms with Gasteiger partial charge in [0.05, 0.1) is 11.6 Å². The summed E-state index contributed by atoms with van der Waals surface area (Å²) in [4.78, 5) is 0.764. The average molecular weight is 258 g/mol. The number of nitriles is 1. The Balaban J connectivity index is 2.14. The van der Waals surface area contributed by atoms with Gasteiger partial charge in [0.15, 0.2) is 0 Å². The lowest BCUT2D eigenvalue weighted by Gasteiger charge is -2.05. The first kappa shape index (κ1) is 12.5. The minimum Gasteiger partial charge on any atom is -0.399 e. The monoisotopic (exact) mass is 258 g/mol. The van der Waals surface area contributed by atoms with Gasteiger partial charge in [-0.1, -0.05) is 18.2 Å². The largest absolute Gasteiger partial charge is 0.399 e. The van der Waals surface area contributed by atoms with Gasteiger partial charge >= 0.3 is 0 Å². The van der Waals surface area contributed by atoms with Crippen LogP contribution in [-0.4, -0.2) is 0 Å². The third-order valence-electron chi connectivity index (χ3n) is 2.43. The number of halogens is 1. The molecule has 2 aromatic rings. The first-order chi connectivity index (χ1) is 8.69. The van der Waals surface area contributed by atoms with E-state index < -0.39 is 0 Å². The molecule has 0 aliphatic heterocycles. The van der Waals surface area contributed by atoms with Gasteiger partial charge in [-0.2, -0.15) is 5.26 Å². The van der Waals surface area contributed by atoms with Crippen LogP contribution < -0.4 is 5.73 Å². The summed E-state index contributed by atoms with van der Waals surface area (Å²) in [6, 6.07) is 14.0. The van der Waals surface area contributed by atoms with Crippen LogP contribution in [0.5, 0.6) is 0 Å². The van der Waals surface area contributed by atoms with Gasteiger partial charge < -0.3 is 5.73 Å². The van der Waals surface area contributed by atoms with Gasteiger partial charge in [0.2, 0.25) is 0 Å². The first-order valence-corrected chi connectivity index (χ1v) is 6.34.